The van der Waals surface area contributed by atoms with Crippen molar-refractivity contribution in [2.24, 2.45) is 0 Å². The lowest BCUT2D eigenvalue weighted by molar-refractivity contribution is 0.102. The Labute approximate surface area is 200 Å². The monoisotopic (exact) mass is 501 g/mol. The Bertz CT molecular complexity index is 1400. The van der Waals surface area contributed by atoms with E-state index in [2.05, 4.69) is 10.0 Å². The van der Waals surface area contributed by atoms with Gasteiger partial charge in [-0.15, -0.1) is 0 Å². The molecule has 3 rings (SSSR count). The summed E-state index contributed by atoms with van der Waals surface area (Å²) in [5, 5.41) is 2.71. The molecule has 3 aromatic carbocycles. The summed E-state index contributed by atoms with van der Waals surface area (Å²) in [5.74, 6) is -0.405. The molecule has 3 aromatic rings. The van der Waals surface area contributed by atoms with E-state index < -0.39 is 26.0 Å². The molecule has 0 atom stereocenters. The Kier molecular flexibility index (Phi) is 7.32. The van der Waals surface area contributed by atoms with E-state index in [4.69, 9.17) is 0 Å². The zero-order chi connectivity index (χ0) is 25.1. The van der Waals surface area contributed by atoms with Crippen LogP contribution in [-0.2, 0) is 20.0 Å². The predicted molar refractivity (Wildman–Crippen MR) is 135 cm³/mol. The number of hydrogen-bond acceptors (Lipinski definition) is 5. The fourth-order valence-electron chi connectivity index (χ4n) is 3.44. The fraction of sp³-hybridized carbons (Fsp3) is 0.208. The number of carbonyl (C=O) groups excluding carboxylic acids is 1. The van der Waals surface area contributed by atoms with Gasteiger partial charge in [-0.25, -0.2) is 16.8 Å². The van der Waals surface area contributed by atoms with Gasteiger partial charge in [0.05, 0.1) is 22.5 Å². The van der Waals surface area contributed by atoms with Crippen LogP contribution in [0.25, 0.3) is 0 Å². The van der Waals surface area contributed by atoms with Gasteiger partial charge in [0.15, 0.2) is 0 Å². The first kappa shape index (κ1) is 25.3. The van der Waals surface area contributed by atoms with E-state index in [9.17, 15) is 21.6 Å². The van der Waals surface area contributed by atoms with Gasteiger partial charge in [-0.1, -0.05) is 17.7 Å². The molecule has 34 heavy (non-hydrogen) atoms. The molecule has 0 heterocycles. The molecule has 0 radical (unpaired) electrons. The van der Waals surface area contributed by atoms with Crippen LogP contribution >= 0.6 is 0 Å². The Balaban J connectivity index is 1.71. The largest absolute Gasteiger partial charge is 0.322 e. The third kappa shape index (κ3) is 5.95. The van der Waals surface area contributed by atoms with Gasteiger partial charge in [0.2, 0.25) is 10.0 Å². The lowest BCUT2D eigenvalue weighted by Crippen LogP contribution is -2.29. The first-order valence-electron chi connectivity index (χ1n) is 10.5. The SMILES string of the molecule is CCN(c1ccc(C(=O)Nc2ccc(S(=O)(=O)Nc3ccc(C)cc3C)cc2)cc1)S(C)(=O)=O. The number of sulfonamides is 2. The highest BCUT2D eigenvalue weighted by Crippen LogP contribution is 2.23. The molecular formula is C24H27N3O5S2. The zero-order valence-corrected chi connectivity index (χ0v) is 21.0. The highest BCUT2D eigenvalue weighted by atomic mass is 32.2. The second-order valence-electron chi connectivity index (χ2n) is 7.88. The van der Waals surface area contributed by atoms with Crippen molar-refractivity contribution < 1.29 is 21.6 Å². The van der Waals surface area contributed by atoms with Gasteiger partial charge in [-0.3, -0.25) is 13.8 Å². The lowest BCUT2D eigenvalue weighted by Gasteiger charge is -2.20. The van der Waals surface area contributed by atoms with Crippen LogP contribution in [-0.4, -0.2) is 35.5 Å². The fourth-order valence-corrected chi connectivity index (χ4v) is 5.54. The Morgan fingerprint density at radius 1 is 0.882 bits per heavy atom. The van der Waals surface area contributed by atoms with Crippen LogP contribution in [0.2, 0.25) is 0 Å². The van der Waals surface area contributed by atoms with Crippen molar-refractivity contribution in [3.63, 3.8) is 0 Å². The second-order valence-corrected chi connectivity index (χ2v) is 11.5. The van der Waals surface area contributed by atoms with Gasteiger partial charge in [0.1, 0.15) is 0 Å². The molecule has 0 saturated heterocycles. The van der Waals surface area contributed by atoms with E-state index in [0.29, 0.717) is 22.6 Å². The molecule has 0 fully saturated rings. The minimum absolute atomic E-state index is 0.0651. The summed E-state index contributed by atoms with van der Waals surface area (Å²) in [6.45, 7) is 5.76. The maximum absolute atomic E-state index is 12.7. The third-order valence-electron chi connectivity index (χ3n) is 5.15. The van der Waals surface area contributed by atoms with Crippen LogP contribution in [0.5, 0.6) is 0 Å². The standard InChI is InChI=1S/C24H27N3O5S2/c1-5-27(33(4,29)30)21-11-7-19(8-12-21)24(28)25-20-9-13-22(14-10-20)34(31,32)26-23-15-6-17(2)16-18(23)3/h6-16,26H,5H2,1-4H3,(H,25,28). The van der Waals surface area contributed by atoms with Crippen LogP contribution in [0, 0.1) is 13.8 Å². The topological polar surface area (TPSA) is 113 Å². The highest BCUT2D eigenvalue weighted by Gasteiger charge is 2.17. The summed E-state index contributed by atoms with van der Waals surface area (Å²) in [5.41, 5.74) is 3.58. The smallest absolute Gasteiger partial charge is 0.261 e. The average Bonchev–Trinajstić information content (AvgIpc) is 2.76. The van der Waals surface area contributed by atoms with Gasteiger partial charge in [-0.05, 0) is 80.9 Å². The van der Waals surface area contributed by atoms with Crippen molar-refractivity contribution >= 4 is 43.0 Å². The van der Waals surface area contributed by atoms with Gasteiger partial charge in [0.25, 0.3) is 15.9 Å². The summed E-state index contributed by atoms with van der Waals surface area (Å²) < 4.78 is 53.0. The molecule has 1 amide bonds. The summed E-state index contributed by atoms with van der Waals surface area (Å²) in [6.07, 6.45) is 1.12. The average molecular weight is 502 g/mol. The van der Waals surface area contributed by atoms with Gasteiger partial charge < -0.3 is 5.32 Å². The van der Waals surface area contributed by atoms with E-state index in [1.54, 1.807) is 25.1 Å². The molecular weight excluding hydrogens is 474 g/mol. The summed E-state index contributed by atoms with van der Waals surface area (Å²) >= 11 is 0. The molecule has 0 saturated carbocycles. The number of aryl methyl sites for hydroxylation is 2. The van der Waals surface area contributed by atoms with E-state index in [-0.39, 0.29) is 11.4 Å². The van der Waals surface area contributed by atoms with Crippen LogP contribution in [0.1, 0.15) is 28.4 Å². The van der Waals surface area contributed by atoms with Gasteiger partial charge in [0, 0.05) is 17.8 Å². The molecule has 0 aliphatic rings. The summed E-state index contributed by atoms with van der Waals surface area (Å²) in [6, 6.07) is 17.5. The maximum atomic E-state index is 12.7. The number of hydrogen-bond donors (Lipinski definition) is 2. The number of nitrogens with one attached hydrogen (secondary N) is 2. The van der Waals surface area contributed by atoms with Gasteiger partial charge in [-0.2, -0.15) is 0 Å². The van der Waals surface area contributed by atoms with Crippen molar-refractivity contribution in [2.45, 2.75) is 25.7 Å². The van der Waals surface area contributed by atoms with E-state index in [1.807, 2.05) is 26.0 Å². The summed E-state index contributed by atoms with van der Waals surface area (Å²) in [7, 11) is -7.20. The molecule has 0 bridgehead atoms. The lowest BCUT2D eigenvalue weighted by atomic mass is 10.1. The molecule has 0 unspecified atom stereocenters. The first-order chi connectivity index (χ1) is 15.9. The normalized spacial score (nSPS) is 11.6. The number of anilines is 3. The quantitative estimate of drug-likeness (QED) is 0.482. The first-order valence-corrected chi connectivity index (χ1v) is 13.8. The Morgan fingerprint density at radius 3 is 2.03 bits per heavy atom. The molecule has 0 spiro atoms. The third-order valence-corrected chi connectivity index (χ3v) is 7.80. The minimum Gasteiger partial charge on any atom is -0.322 e. The van der Waals surface area contributed by atoms with Gasteiger partial charge >= 0.3 is 0 Å². The summed E-state index contributed by atoms with van der Waals surface area (Å²) in [4.78, 5) is 12.6. The molecule has 0 aliphatic heterocycles. The van der Waals surface area contributed by atoms with Crippen molar-refractivity contribution in [1.29, 1.82) is 0 Å². The molecule has 10 heteroatoms. The van der Waals surface area contributed by atoms with E-state index >= 15 is 0 Å². The molecule has 180 valence electrons. The molecule has 2 N–H and O–H groups in total. The van der Waals surface area contributed by atoms with Crippen LogP contribution < -0.4 is 14.3 Å². The van der Waals surface area contributed by atoms with E-state index in [0.717, 1.165) is 17.4 Å². The molecule has 8 nitrogen and oxygen atoms in total. The predicted octanol–water partition coefficient (Wildman–Crippen LogP) is 4.14. The molecule has 0 aromatic heterocycles. The molecule has 0 aliphatic carbocycles. The number of benzene rings is 3. The van der Waals surface area contributed by atoms with Crippen molar-refractivity contribution in [2.75, 3.05) is 27.1 Å². The number of nitrogens with zero attached hydrogens (tertiary/aromatic N) is 1. The maximum Gasteiger partial charge on any atom is 0.261 e. The highest BCUT2D eigenvalue weighted by molar-refractivity contribution is 7.92. The number of amides is 1. The second kappa shape index (κ2) is 9.86. The van der Waals surface area contributed by atoms with Crippen molar-refractivity contribution in [3.8, 4) is 0 Å². The van der Waals surface area contributed by atoms with Crippen LogP contribution in [0.4, 0.5) is 17.1 Å². The van der Waals surface area contributed by atoms with Crippen molar-refractivity contribution in [3.05, 3.63) is 83.4 Å². The van der Waals surface area contributed by atoms with Crippen molar-refractivity contribution in [1.82, 2.24) is 0 Å². The minimum atomic E-state index is -3.79. The Morgan fingerprint density at radius 2 is 1.50 bits per heavy atom. The Hall–Kier alpha value is -3.37. The number of rotatable bonds is 8. The number of carbonyl (C=O) groups is 1. The zero-order valence-electron chi connectivity index (χ0n) is 19.4. The van der Waals surface area contributed by atoms with Crippen LogP contribution in [0.3, 0.4) is 0 Å². The van der Waals surface area contributed by atoms with E-state index in [1.165, 1.54) is 40.7 Å². The van der Waals surface area contributed by atoms with Crippen LogP contribution in [0.15, 0.2) is 71.6 Å².